The number of halogens is 1. The van der Waals surface area contributed by atoms with Crippen molar-refractivity contribution < 1.29 is 4.52 Å². The molecule has 0 aliphatic carbocycles. The fourth-order valence-corrected chi connectivity index (χ4v) is 1.23. The number of fused-ring (bicyclic) bond motifs is 1. The summed E-state index contributed by atoms with van der Waals surface area (Å²) >= 11 is 0. The average molecular weight is 214 g/mol. The van der Waals surface area contributed by atoms with Crippen LogP contribution in [0.25, 0.3) is 11.0 Å². The fraction of sp³-hybridized carbons (Fsp3) is 0.333. The number of nitrogens with zero attached hydrogens (tertiary/aromatic N) is 2. The second-order valence-corrected chi connectivity index (χ2v) is 3.16. The van der Waals surface area contributed by atoms with E-state index in [1.54, 1.807) is 6.20 Å². The van der Waals surface area contributed by atoms with Crippen LogP contribution in [0.2, 0.25) is 0 Å². The number of aryl methyl sites for hydroxylation is 1. The van der Waals surface area contributed by atoms with Crippen molar-refractivity contribution in [1.82, 2.24) is 10.1 Å². The molecule has 1 atom stereocenters. The smallest absolute Gasteiger partial charge is 0.185 e. The van der Waals surface area contributed by atoms with E-state index in [1.165, 1.54) is 0 Å². The molecule has 0 aliphatic rings. The summed E-state index contributed by atoms with van der Waals surface area (Å²) in [7, 11) is 0. The zero-order chi connectivity index (χ0) is 9.42. The molecule has 0 aliphatic heterocycles. The standard InChI is InChI=1S/C9H11N3O.ClH/c1-5(10)8-3-7-6(2)12-13-9(7)4-11-8;/h3-5H,10H2,1-2H3;1H/t5-;/m1./s1. The molecule has 76 valence electrons. The summed E-state index contributed by atoms with van der Waals surface area (Å²) in [5.41, 5.74) is 8.15. The van der Waals surface area contributed by atoms with E-state index in [0.717, 1.165) is 16.8 Å². The molecule has 0 amide bonds. The summed E-state index contributed by atoms with van der Waals surface area (Å²) in [4.78, 5) is 4.16. The summed E-state index contributed by atoms with van der Waals surface area (Å²) in [5.74, 6) is 0. The highest BCUT2D eigenvalue weighted by Crippen LogP contribution is 2.19. The summed E-state index contributed by atoms with van der Waals surface area (Å²) < 4.78 is 5.03. The molecule has 2 heterocycles. The molecule has 0 bridgehead atoms. The van der Waals surface area contributed by atoms with Crippen LogP contribution in [-0.2, 0) is 0 Å². The van der Waals surface area contributed by atoms with Crippen molar-refractivity contribution in [2.45, 2.75) is 19.9 Å². The third-order valence-electron chi connectivity index (χ3n) is 2.03. The molecule has 2 aromatic rings. The van der Waals surface area contributed by atoms with E-state index in [2.05, 4.69) is 10.1 Å². The molecule has 0 unspecified atom stereocenters. The summed E-state index contributed by atoms with van der Waals surface area (Å²) in [6.45, 7) is 3.80. The van der Waals surface area contributed by atoms with Gasteiger partial charge in [-0.3, -0.25) is 4.98 Å². The van der Waals surface area contributed by atoms with Gasteiger partial charge in [0.1, 0.15) is 0 Å². The van der Waals surface area contributed by atoms with Gasteiger partial charge in [0.15, 0.2) is 5.58 Å². The van der Waals surface area contributed by atoms with Crippen molar-refractivity contribution in [1.29, 1.82) is 0 Å². The van der Waals surface area contributed by atoms with Gasteiger partial charge >= 0.3 is 0 Å². The number of rotatable bonds is 1. The minimum Gasteiger partial charge on any atom is -0.354 e. The molecular formula is C9H12ClN3O. The lowest BCUT2D eigenvalue weighted by molar-refractivity contribution is 0.449. The number of pyridine rings is 1. The fourth-order valence-electron chi connectivity index (χ4n) is 1.23. The average Bonchev–Trinajstić information content (AvgIpc) is 2.47. The monoisotopic (exact) mass is 213 g/mol. The molecule has 4 nitrogen and oxygen atoms in total. The largest absolute Gasteiger partial charge is 0.354 e. The van der Waals surface area contributed by atoms with E-state index in [1.807, 2.05) is 19.9 Å². The number of hydrogen-bond acceptors (Lipinski definition) is 4. The zero-order valence-corrected chi connectivity index (χ0v) is 8.84. The van der Waals surface area contributed by atoms with Gasteiger partial charge in [0.2, 0.25) is 0 Å². The van der Waals surface area contributed by atoms with Crippen LogP contribution in [0.3, 0.4) is 0 Å². The second-order valence-electron chi connectivity index (χ2n) is 3.16. The lowest BCUT2D eigenvalue weighted by Gasteiger charge is -2.02. The topological polar surface area (TPSA) is 64.9 Å². The van der Waals surface area contributed by atoms with Crippen molar-refractivity contribution in [3.8, 4) is 0 Å². The number of nitrogens with two attached hydrogens (primary N) is 1. The Bertz CT molecular complexity index is 439. The predicted octanol–water partition coefficient (Wildman–Crippen LogP) is 1.97. The summed E-state index contributed by atoms with van der Waals surface area (Å²) in [6.07, 6.45) is 1.66. The van der Waals surface area contributed by atoms with Gasteiger partial charge in [-0.25, -0.2) is 0 Å². The highest BCUT2D eigenvalue weighted by atomic mass is 35.5. The third-order valence-corrected chi connectivity index (χ3v) is 2.03. The molecular weight excluding hydrogens is 202 g/mol. The maximum absolute atomic E-state index is 5.71. The van der Waals surface area contributed by atoms with Gasteiger partial charge < -0.3 is 10.3 Å². The molecule has 0 radical (unpaired) electrons. The van der Waals surface area contributed by atoms with E-state index >= 15 is 0 Å². The number of aromatic nitrogens is 2. The van der Waals surface area contributed by atoms with Crippen molar-refractivity contribution in [2.24, 2.45) is 5.73 Å². The first kappa shape index (κ1) is 10.9. The Hall–Kier alpha value is -1.13. The SMILES string of the molecule is Cc1noc2cnc([C@@H](C)N)cc12.Cl. The Balaban J connectivity index is 0.000000980. The van der Waals surface area contributed by atoms with Crippen LogP contribution in [0.15, 0.2) is 16.8 Å². The first-order valence-electron chi connectivity index (χ1n) is 4.16. The van der Waals surface area contributed by atoms with Gasteiger partial charge in [-0.2, -0.15) is 0 Å². The first-order valence-corrected chi connectivity index (χ1v) is 4.16. The van der Waals surface area contributed by atoms with E-state index < -0.39 is 0 Å². The second kappa shape index (κ2) is 3.94. The maximum Gasteiger partial charge on any atom is 0.185 e. The van der Waals surface area contributed by atoms with Crippen molar-refractivity contribution in [3.05, 3.63) is 23.7 Å². The van der Waals surface area contributed by atoms with E-state index in [0.29, 0.717) is 5.58 Å². The Labute approximate surface area is 87.9 Å². The lowest BCUT2D eigenvalue weighted by atomic mass is 10.2. The number of hydrogen-bond donors (Lipinski definition) is 1. The highest BCUT2D eigenvalue weighted by Gasteiger charge is 2.07. The normalized spacial score (nSPS) is 12.5. The molecule has 2 aromatic heterocycles. The third kappa shape index (κ3) is 1.71. The molecule has 0 saturated carbocycles. The summed E-state index contributed by atoms with van der Waals surface area (Å²) in [5, 5.41) is 4.83. The molecule has 2 N–H and O–H groups in total. The molecule has 0 fully saturated rings. The highest BCUT2D eigenvalue weighted by molar-refractivity contribution is 5.85. The van der Waals surface area contributed by atoms with Crippen LogP contribution in [0.4, 0.5) is 0 Å². The molecule has 0 aromatic carbocycles. The zero-order valence-electron chi connectivity index (χ0n) is 8.02. The Morgan fingerprint density at radius 3 is 2.86 bits per heavy atom. The minimum absolute atomic E-state index is 0. The van der Waals surface area contributed by atoms with Crippen LogP contribution >= 0.6 is 12.4 Å². The predicted molar refractivity (Wildman–Crippen MR) is 56.4 cm³/mol. The van der Waals surface area contributed by atoms with Gasteiger partial charge in [0, 0.05) is 11.4 Å². The first-order chi connectivity index (χ1) is 6.18. The van der Waals surface area contributed by atoms with Crippen LogP contribution in [0.5, 0.6) is 0 Å². The van der Waals surface area contributed by atoms with Crippen LogP contribution in [0.1, 0.15) is 24.4 Å². The molecule has 2 rings (SSSR count). The van der Waals surface area contributed by atoms with Crippen molar-refractivity contribution >= 4 is 23.4 Å². The van der Waals surface area contributed by atoms with Crippen molar-refractivity contribution in [3.63, 3.8) is 0 Å². The van der Waals surface area contributed by atoms with Gasteiger partial charge in [-0.05, 0) is 19.9 Å². The van der Waals surface area contributed by atoms with Crippen LogP contribution in [0, 0.1) is 6.92 Å². The Morgan fingerprint density at radius 1 is 1.50 bits per heavy atom. The Kier molecular flexibility index (Phi) is 3.08. The molecule has 5 heteroatoms. The van der Waals surface area contributed by atoms with Crippen LogP contribution in [-0.4, -0.2) is 10.1 Å². The van der Waals surface area contributed by atoms with Crippen LogP contribution < -0.4 is 5.73 Å². The summed E-state index contributed by atoms with van der Waals surface area (Å²) in [6, 6.07) is 1.87. The lowest BCUT2D eigenvalue weighted by Crippen LogP contribution is -2.06. The van der Waals surface area contributed by atoms with E-state index in [4.69, 9.17) is 10.3 Å². The van der Waals surface area contributed by atoms with Gasteiger partial charge in [0.05, 0.1) is 17.6 Å². The molecule has 0 spiro atoms. The van der Waals surface area contributed by atoms with Gasteiger partial charge in [-0.15, -0.1) is 12.4 Å². The van der Waals surface area contributed by atoms with Gasteiger partial charge in [-0.1, -0.05) is 5.16 Å². The molecule has 0 saturated heterocycles. The van der Waals surface area contributed by atoms with Crippen molar-refractivity contribution in [2.75, 3.05) is 0 Å². The maximum atomic E-state index is 5.71. The molecule has 14 heavy (non-hydrogen) atoms. The minimum atomic E-state index is -0.0568. The van der Waals surface area contributed by atoms with E-state index in [-0.39, 0.29) is 18.4 Å². The van der Waals surface area contributed by atoms with E-state index in [9.17, 15) is 0 Å². The Morgan fingerprint density at radius 2 is 2.21 bits per heavy atom. The van der Waals surface area contributed by atoms with Gasteiger partial charge in [0.25, 0.3) is 0 Å². The quantitative estimate of drug-likeness (QED) is 0.787.